The first-order valence-electron chi connectivity index (χ1n) is 12.0. The van der Waals surface area contributed by atoms with Crippen LogP contribution in [0.2, 0.25) is 0 Å². The zero-order valence-corrected chi connectivity index (χ0v) is 19.5. The number of carbonyl (C=O) groups is 2. The van der Waals surface area contributed by atoms with Crippen LogP contribution in [-0.4, -0.2) is 58.3 Å². The summed E-state index contributed by atoms with van der Waals surface area (Å²) in [6, 6.07) is 8.35. The third-order valence-electron chi connectivity index (χ3n) is 7.08. The van der Waals surface area contributed by atoms with E-state index in [1.54, 1.807) is 6.92 Å². The minimum atomic E-state index is -0.0314. The molecule has 2 fully saturated rings. The van der Waals surface area contributed by atoms with Crippen LogP contribution in [0.25, 0.3) is 0 Å². The maximum atomic E-state index is 12.1. The summed E-state index contributed by atoms with van der Waals surface area (Å²) in [7, 11) is 1.91. The number of rotatable bonds is 5. The first-order chi connectivity index (χ1) is 16.0. The van der Waals surface area contributed by atoms with E-state index in [9.17, 15) is 9.59 Å². The molecule has 0 radical (unpaired) electrons. The molecule has 1 aromatic heterocycles. The second-order valence-corrected chi connectivity index (χ2v) is 9.25. The number of nitrogens with one attached hydrogen (secondary N) is 1. The molecular weight excluding hydrogens is 416 g/mol. The smallest absolute Gasteiger partial charge is 0.227 e. The number of hydrogen-bond acceptors (Lipinski definition) is 6. The lowest BCUT2D eigenvalue weighted by Crippen LogP contribution is -2.33. The maximum absolute atomic E-state index is 12.1. The van der Waals surface area contributed by atoms with Crippen LogP contribution in [0.3, 0.4) is 0 Å². The van der Waals surface area contributed by atoms with Gasteiger partial charge < -0.3 is 15.1 Å². The van der Waals surface area contributed by atoms with Gasteiger partial charge in [-0.25, -0.2) is 9.97 Å². The monoisotopic (exact) mass is 448 g/mol. The van der Waals surface area contributed by atoms with E-state index in [0.717, 1.165) is 81.4 Å². The van der Waals surface area contributed by atoms with Gasteiger partial charge >= 0.3 is 0 Å². The molecule has 3 aliphatic rings. The van der Waals surface area contributed by atoms with Crippen molar-refractivity contribution in [2.75, 3.05) is 36.9 Å². The van der Waals surface area contributed by atoms with Crippen molar-refractivity contribution in [2.45, 2.75) is 58.2 Å². The lowest BCUT2D eigenvalue weighted by atomic mass is 10.0. The molecule has 8 heteroatoms. The largest absolute Gasteiger partial charge is 0.373 e. The van der Waals surface area contributed by atoms with Crippen molar-refractivity contribution in [2.24, 2.45) is 0 Å². The lowest BCUT2D eigenvalue weighted by molar-refractivity contribution is -0.129. The van der Waals surface area contributed by atoms with Gasteiger partial charge in [0.05, 0.1) is 11.7 Å². The summed E-state index contributed by atoms with van der Waals surface area (Å²) < 4.78 is 0. The van der Waals surface area contributed by atoms with E-state index in [4.69, 9.17) is 9.97 Å². The second-order valence-electron chi connectivity index (χ2n) is 9.25. The number of amides is 2. The lowest BCUT2D eigenvalue weighted by Gasteiger charge is -2.30. The molecule has 1 N–H and O–H groups in total. The van der Waals surface area contributed by atoms with E-state index in [1.807, 2.05) is 16.8 Å². The highest BCUT2D eigenvalue weighted by atomic mass is 16.2. The highest BCUT2D eigenvalue weighted by molar-refractivity contribution is 5.95. The van der Waals surface area contributed by atoms with E-state index in [-0.39, 0.29) is 17.9 Å². The molecule has 0 saturated carbocycles. The molecule has 174 valence electrons. The number of hydrogen-bond donors (Lipinski definition) is 1. The fourth-order valence-electron chi connectivity index (χ4n) is 5.37. The van der Waals surface area contributed by atoms with Gasteiger partial charge in [0.25, 0.3) is 0 Å². The Morgan fingerprint density at radius 2 is 1.91 bits per heavy atom. The van der Waals surface area contributed by atoms with Crippen LogP contribution >= 0.6 is 0 Å². The molecule has 2 amide bonds. The average molecular weight is 449 g/mol. The van der Waals surface area contributed by atoms with Crippen molar-refractivity contribution in [1.29, 1.82) is 0 Å². The maximum Gasteiger partial charge on any atom is 0.227 e. The molecule has 4 heterocycles. The van der Waals surface area contributed by atoms with E-state index >= 15 is 0 Å². The molecule has 0 spiro atoms. The Bertz CT molecular complexity index is 1050. The number of fused-ring (bicyclic) bond motifs is 1. The molecule has 0 unspecified atom stereocenters. The molecule has 8 nitrogen and oxygen atoms in total. The van der Waals surface area contributed by atoms with Crippen molar-refractivity contribution >= 4 is 23.3 Å². The fraction of sp³-hybridized carbons (Fsp3) is 0.520. The quantitative estimate of drug-likeness (QED) is 0.758. The van der Waals surface area contributed by atoms with Gasteiger partial charge in [-0.1, -0.05) is 12.1 Å². The third-order valence-corrected chi connectivity index (χ3v) is 7.08. The van der Waals surface area contributed by atoms with Crippen molar-refractivity contribution < 1.29 is 9.59 Å². The first-order valence-corrected chi connectivity index (χ1v) is 12.0. The normalized spacial score (nSPS) is 20.9. The van der Waals surface area contributed by atoms with Gasteiger partial charge in [-0.05, 0) is 43.4 Å². The molecule has 1 aromatic carbocycles. The van der Waals surface area contributed by atoms with Crippen LogP contribution < -0.4 is 10.2 Å². The van der Waals surface area contributed by atoms with E-state index in [0.29, 0.717) is 6.42 Å². The minimum absolute atomic E-state index is 0.0314. The van der Waals surface area contributed by atoms with Gasteiger partial charge in [-0.3, -0.25) is 14.5 Å². The summed E-state index contributed by atoms with van der Waals surface area (Å²) in [6.07, 6.45) is 4.39. The van der Waals surface area contributed by atoms with Gasteiger partial charge in [0.1, 0.15) is 5.82 Å². The standard InChI is InChI=1S/C25H32N6O2/c1-17(32)30-12-3-5-22(30)25-27-21-16-29(14-11-20(21)24(26-2)28-25)15-18-7-9-19(10-8-18)31-13-4-6-23(31)33/h7-10,22H,3-6,11-16H2,1-2H3,(H,26,27,28)/t22-/m1/s1. The molecule has 0 bridgehead atoms. The first kappa shape index (κ1) is 21.8. The molecular formula is C25H32N6O2. The molecule has 5 rings (SSSR count). The van der Waals surface area contributed by atoms with Crippen LogP contribution in [0.4, 0.5) is 11.5 Å². The van der Waals surface area contributed by atoms with E-state index < -0.39 is 0 Å². The van der Waals surface area contributed by atoms with Crippen LogP contribution in [0.15, 0.2) is 24.3 Å². The minimum Gasteiger partial charge on any atom is -0.373 e. The molecule has 0 aliphatic carbocycles. The molecule has 2 saturated heterocycles. The summed E-state index contributed by atoms with van der Waals surface area (Å²) in [5, 5.41) is 3.26. The van der Waals surface area contributed by atoms with Crippen molar-refractivity contribution in [3.63, 3.8) is 0 Å². The zero-order valence-electron chi connectivity index (χ0n) is 19.5. The summed E-state index contributed by atoms with van der Waals surface area (Å²) in [5.41, 5.74) is 4.47. The van der Waals surface area contributed by atoms with Gasteiger partial charge in [0.2, 0.25) is 11.8 Å². The van der Waals surface area contributed by atoms with E-state index in [2.05, 4.69) is 34.5 Å². The molecule has 1 atom stereocenters. The van der Waals surface area contributed by atoms with Crippen LogP contribution in [-0.2, 0) is 29.1 Å². The summed E-state index contributed by atoms with van der Waals surface area (Å²) in [4.78, 5) is 40.1. The summed E-state index contributed by atoms with van der Waals surface area (Å²) in [5.74, 6) is 1.96. The number of nitrogens with zero attached hydrogens (tertiary/aromatic N) is 5. The predicted octanol–water partition coefficient (Wildman–Crippen LogP) is 2.89. The molecule has 2 aromatic rings. The summed E-state index contributed by atoms with van der Waals surface area (Å²) >= 11 is 0. The highest BCUT2D eigenvalue weighted by Crippen LogP contribution is 2.33. The SMILES string of the molecule is CNc1nc([C@H]2CCCN2C(C)=O)nc2c1CCN(Cc1ccc(N3CCCC3=O)cc1)C2. The van der Waals surface area contributed by atoms with Gasteiger partial charge in [0, 0.05) is 64.4 Å². The second kappa shape index (κ2) is 9.09. The Kier molecular flexibility index (Phi) is 6.01. The Morgan fingerprint density at radius 3 is 2.61 bits per heavy atom. The Balaban J connectivity index is 1.32. The molecule has 3 aliphatic heterocycles. The fourth-order valence-corrected chi connectivity index (χ4v) is 5.37. The number of benzene rings is 1. The van der Waals surface area contributed by atoms with E-state index in [1.165, 1.54) is 11.1 Å². The zero-order chi connectivity index (χ0) is 22.9. The number of likely N-dealkylation sites (tertiary alicyclic amines) is 1. The Labute approximate surface area is 195 Å². The van der Waals surface area contributed by atoms with Crippen molar-refractivity contribution in [1.82, 2.24) is 19.8 Å². The van der Waals surface area contributed by atoms with Crippen LogP contribution in [0, 0.1) is 0 Å². The van der Waals surface area contributed by atoms with Crippen LogP contribution in [0.1, 0.15) is 61.3 Å². The number of aromatic nitrogens is 2. The molecule has 33 heavy (non-hydrogen) atoms. The van der Waals surface area contributed by atoms with Crippen LogP contribution in [0.5, 0.6) is 0 Å². The Morgan fingerprint density at radius 1 is 1.09 bits per heavy atom. The average Bonchev–Trinajstić information content (AvgIpc) is 3.48. The summed E-state index contributed by atoms with van der Waals surface area (Å²) in [6.45, 7) is 5.77. The van der Waals surface area contributed by atoms with Crippen molar-refractivity contribution in [3.05, 3.63) is 46.9 Å². The third kappa shape index (κ3) is 4.31. The van der Waals surface area contributed by atoms with Crippen molar-refractivity contribution in [3.8, 4) is 0 Å². The topological polar surface area (TPSA) is 81.7 Å². The van der Waals surface area contributed by atoms with Gasteiger partial charge in [-0.2, -0.15) is 0 Å². The number of anilines is 2. The van der Waals surface area contributed by atoms with Gasteiger partial charge in [-0.15, -0.1) is 0 Å². The number of carbonyl (C=O) groups excluding carboxylic acids is 2. The highest BCUT2D eigenvalue weighted by Gasteiger charge is 2.32. The van der Waals surface area contributed by atoms with Gasteiger partial charge in [0.15, 0.2) is 5.82 Å². The Hall–Kier alpha value is -3.00. The predicted molar refractivity (Wildman–Crippen MR) is 127 cm³/mol.